The van der Waals surface area contributed by atoms with Crippen LogP contribution in [0.1, 0.15) is 30.9 Å². The zero-order valence-electron chi connectivity index (χ0n) is 19.6. The summed E-state index contributed by atoms with van der Waals surface area (Å²) in [4.78, 5) is 44.6. The second-order valence-corrected chi connectivity index (χ2v) is 8.94. The summed E-state index contributed by atoms with van der Waals surface area (Å²) in [6.07, 6.45) is 2.00. The van der Waals surface area contributed by atoms with Gasteiger partial charge in [0.2, 0.25) is 18.2 Å². The lowest BCUT2D eigenvalue weighted by Gasteiger charge is -2.40. The fraction of sp³-hybridized carbons (Fsp3) is 0.400. The van der Waals surface area contributed by atoms with Crippen molar-refractivity contribution >= 4 is 35.5 Å². The van der Waals surface area contributed by atoms with E-state index in [1.165, 1.54) is 12.1 Å². The molecule has 0 saturated carbocycles. The number of benzene rings is 2. The molecular weight excluding hydrogens is 475 g/mol. The van der Waals surface area contributed by atoms with Crippen LogP contribution in [0.15, 0.2) is 42.5 Å². The van der Waals surface area contributed by atoms with Gasteiger partial charge in [-0.1, -0.05) is 36.7 Å². The van der Waals surface area contributed by atoms with Crippen LogP contribution in [0.5, 0.6) is 0 Å². The van der Waals surface area contributed by atoms with E-state index in [-0.39, 0.29) is 36.5 Å². The number of anilines is 1. The molecule has 1 heterocycles. The van der Waals surface area contributed by atoms with Crippen LogP contribution in [0.2, 0.25) is 5.02 Å². The molecule has 0 atom stereocenters. The van der Waals surface area contributed by atoms with Gasteiger partial charge >= 0.3 is 0 Å². The van der Waals surface area contributed by atoms with E-state index in [9.17, 15) is 18.8 Å². The molecule has 0 radical (unpaired) electrons. The van der Waals surface area contributed by atoms with Crippen LogP contribution < -0.4 is 16.1 Å². The third-order valence-corrected chi connectivity index (χ3v) is 6.59. The van der Waals surface area contributed by atoms with Crippen molar-refractivity contribution in [2.24, 2.45) is 11.1 Å². The van der Waals surface area contributed by atoms with Gasteiger partial charge in [0, 0.05) is 30.2 Å². The summed E-state index contributed by atoms with van der Waals surface area (Å²) in [7, 11) is 0. The van der Waals surface area contributed by atoms with Crippen LogP contribution in [0.25, 0.3) is 0 Å². The highest BCUT2D eigenvalue weighted by Crippen LogP contribution is 2.33. The van der Waals surface area contributed by atoms with Crippen molar-refractivity contribution in [1.29, 1.82) is 0 Å². The molecule has 1 aliphatic rings. The van der Waals surface area contributed by atoms with E-state index in [4.69, 9.17) is 22.2 Å². The Balaban J connectivity index is 1.74. The monoisotopic (exact) mass is 504 g/mol. The average Bonchev–Trinajstić information content (AvgIpc) is 2.88. The Bertz CT molecular complexity index is 1040. The maximum absolute atomic E-state index is 14.2. The zero-order valence-corrected chi connectivity index (χ0v) is 20.4. The molecule has 3 rings (SSSR count). The molecule has 1 saturated heterocycles. The molecule has 188 valence electrons. The lowest BCUT2D eigenvalue weighted by Crippen LogP contribution is -2.53. The van der Waals surface area contributed by atoms with Gasteiger partial charge in [0.25, 0.3) is 0 Å². The van der Waals surface area contributed by atoms with E-state index < -0.39 is 11.2 Å². The van der Waals surface area contributed by atoms with Crippen LogP contribution in [-0.2, 0) is 32.2 Å². The van der Waals surface area contributed by atoms with Gasteiger partial charge in [-0.25, -0.2) is 4.39 Å². The Labute approximate surface area is 209 Å². The minimum atomic E-state index is -1.03. The van der Waals surface area contributed by atoms with Crippen molar-refractivity contribution in [3.63, 3.8) is 0 Å². The highest BCUT2D eigenvalue weighted by atomic mass is 35.5. The lowest BCUT2D eigenvalue weighted by molar-refractivity contribution is -0.145. The van der Waals surface area contributed by atoms with Crippen molar-refractivity contribution in [2.75, 3.05) is 31.3 Å². The van der Waals surface area contributed by atoms with Crippen molar-refractivity contribution in [2.45, 2.75) is 32.7 Å². The first kappa shape index (κ1) is 26.6. The van der Waals surface area contributed by atoms with Crippen molar-refractivity contribution in [1.82, 2.24) is 10.2 Å². The number of nitrogens with zero attached hydrogens (tertiary/aromatic N) is 2. The summed E-state index contributed by atoms with van der Waals surface area (Å²) in [6.45, 7) is 2.41. The molecule has 2 aromatic carbocycles. The minimum Gasteiger partial charge on any atom is -0.351 e. The van der Waals surface area contributed by atoms with Crippen LogP contribution in [0, 0.1) is 11.2 Å². The van der Waals surface area contributed by atoms with E-state index in [2.05, 4.69) is 5.32 Å². The van der Waals surface area contributed by atoms with E-state index in [0.717, 1.165) is 17.0 Å². The Morgan fingerprint density at radius 3 is 2.49 bits per heavy atom. The highest BCUT2D eigenvalue weighted by Gasteiger charge is 2.43. The number of hydrogen-bond donors (Lipinski definition) is 2. The molecule has 0 aliphatic carbocycles. The number of amides is 3. The number of halogens is 2. The van der Waals surface area contributed by atoms with Crippen LogP contribution in [0.4, 0.5) is 10.1 Å². The number of hydrogen-bond acceptors (Lipinski definition) is 5. The summed E-state index contributed by atoms with van der Waals surface area (Å²) in [6, 6.07) is 11.6. The number of carbonyl (C=O) groups is 3. The molecule has 8 nitrogen and oxygen atoms in total. The maximum Gasteiger partial charge on any atom is 0.238 e. The number of piperidine rings is 1. The van der Waals surface area contributed by atoms with Gasteiger partial charge in [-0.3, -0.25) is 19.2 Å². The number of rotatable bonds is 10. The molecule has 2 aromatic rings. The van der Waals surface area contributed by atoms with Gasteiger partial charge in [-0.05, 0) is 49.1 Å². The molecule has 10 heteroatoms. The second-order valence-electron chi connectivity index (χ2n) is 8.51. The Kier molecular flexibility index (Phi) is 9.20. The molecule has 3 N–H and O–H groups in total. The molecule has 1 aliphatic heterocycles. The lowest BCUT2D eigenvalue weighted by atomic mass is 9.78. The largest absolute Gasteiger partial charge is 0.351 e. The summed E-state index contributed by atoms with van der Waals surface area (Å²) in [5, 5.41) is 4.14. The molecule has 0 bridgehead atoms. The van der Waals surface area contributed by atoms with Gasteiger partial charge in [-0.15, -0.1) is 0 Å². The van der Waals surface area contributed by atoms with Crippen LogP contribution >= 0.6 is 11.6 Å². The molecule has 0 aromatic heterocycles. The highest BCUT2D eigenvalue weighted by molar-refractivity contribution is 6.30. The SMILES string of the molecule is CCc1ccc(N(C=O)OCC2(C(=O)NCc3ccc(Cl)cc3F)CCN(C(=O)CN)CC2)cc1. The Hall–Kier alpha value is -3.01. The van der Waals surface area contributed by atoms with E-state index >= 15 is 0 Å². The summed E-state index contributed by atoms with van der Waals surface area (Å²) in [5.41, 5.74) is 6.39. The van der Waals surface area contributed by atoms with Gasteiger partial charge < -0.3 is 16.0 Å². The van der Waals surface area contributed by atoms with Crippen molar-refractivity contribution in [3.05, 3.63) is 64.4 Å². The Morgan fingerprint density at radius 2 is 1.91 bits per heavy atom. The van der Waals surface area contributed by atoms with Crippen LogP contribution in [-0.4, -0.2) is 49.4 Å². The number of carbonyl (C=O) groups excluding carboxylic acids is 3. The maximum atomic E-state index is 14.2. The third kappa shape index (κ3) is 6.56. The number of likely N-dealkylation sites (tertiary alicyclic amines) is 1. The number of nitrogens with two attached hydrogens (primary N) is 1. The predicted molar refractivity (Wildman–Crippen MR) is 131 cm³/mol. The smallest absolute Gasteiger partial charge is 0.238 e. The third-order valence-electron chi connectivity index (χ3n) is 6.36. The standard InChI is InChI=1S/C25H30ClFN4O4/c1-2-18-3-7-21(8-4-18)31(17-32)35-16-25(9-11-30(12-10-25)23(33)14-28)24(34)29-15-19-5-6-20(26)13-22(19)27/h3-8,13,17H,2,9-12,14-16,28H2,1H3,(H,29,34). The van der Waals surface area contributed by atoms with E-state index in [1.54, 1.807) is 23.1 Å². The number of nitrogens with one attached hydrogen (secondary N) is 1. The predicted octanol–water partition coefficient (Wildman–Crippen LogP) is 2.82. The molecule has 1 fully saturated rings. The molecule has 35 heavy (non-hydrogen) atoms. The first-order valence-corrected chi connectivity index (χ1v) is 11.9. The summed E-state index contributed by atoms with van der Waals surface area (Å²) < 4.78 is 14.2. The van der Waals surface area contributed by atoms with E-state index in [1.807, 2.05) is 19.1 Å². The molecule has 0 unspecified atom stereocenters. The van der Waals surface area contributed by atoms with Crippen molar-refractivity contribution < 1.29 is 23.6 Å². The van der Waals surface area contributed by atoms with Gasteiger partial charge in [0.05, 0.1) is 24.3 Å². The zero-order chi connectivity index (χ0) is 25.4. The van der Waals surface area contributed by atoms with Gasteiger partial charge in [0.15, 0.2) is 0 Å². The number of hydroxylamine groups is 1. The quantitative estimate of drug-likeness (QED) is 0.382. The van der Waals surface area contributed by atoms with E-state index in [0.29, 0.717) is 43.6 Å². The molecule has 0 spiro atoms. The van der Waals surface area contributed by atoms with Crippen molar-refractivity contribution in [3.8, 4) is 0 Å². The summed E-state index contributed by atoms with van der Waals surface area (Å²) >= 11 is 5.81. The summed E-state index contributed by atoms with van der Waals surface area (Å²) in [5.74, 6) is -1.07. The van der Waals surface area contributed by atoms with Gasteiger partial charge in [0.1, 0.15) is 5.82 Å². The van der Waals surface area contributed by atoms with Gasteiger partial charge in [-0.2, -0.15) is 5.06 Å². The topological polar surface area (TPSA) is 105 Å². The molecule has 3 amide bonds. The fourth-order valence-electron chi connectivity index (χ4n) is 4.02. The van der Waals surface area contributed by atoms with Crippen LogP contribution in [0.3, 0.4) is 0 Å². The normalized spacial score (nSPS) is 14.9. The number of aryl methyl sites for hydroxylation is 1. The first-order valence-electron chi connectivity index (χ1n) is 11.5. The Morgan fingerprint density at radius 1 is 1.23 bits per heavy atom. The average molecular weight is 505 g/mol. The minimum absolute atomic E-state index is 0.0368. The second kappa shape index (κ2) is 12.1. The first-order chi connectivity index (χ1) is 16.8. The fourth-order valence-corrected chi connectivity index (χ4v) is 4.17. The molecular formula is C25H30ClFN4O4.